The molecular formula is C13H23P. The first-order valence-corrected chi connectivity index (χ1v) is 7.22. The molecule has 0 spiro atoms. The summed E-state index contributed by atoms with van der Waals surface area (Å²) in [6.07, 6.45) is 5.71. The molecule has 1 rings (SSSR count). The van der Waals surface area contributed by atoms with Crippen LogP contribution in [0.2, 0.25) is 0 Å². The lowest BCUT2D eigenvalue weighted by Gasteiger charge is -2.47. The van der Waals surface area contributed by atoms with Crippen LogP contribution in [0.15, 0.2) is 24.8 Å². The molecule has 1 fully saturated rings. The summed E-state index contributed by atoms with van der Waals surface area (Å²) in [5, 5.41) is 0. The van der Waals surface area contributed by atoms with E-state index in [2.05, 4.69) is 33.9 Å². The predicted molar refractivity (Wildman–Crippen MR) is 68.5 cm³/mol. The summed E-state index contributed by atoms with van der Waals surface area (Å²) in [7, 11) is 0.218. The topological polar surface area (TPSA) is 0 Å². The zero-order chi connectivity index (χ0) is 10.7. The van der Waals surface area contributed by atoms with E-state index in [1.807, 2.05) is 6.08 Å². The molecule has 0 amide bonds. The summed E-state index contributed by atoms with van der Waals surface area (Å²) in [6.45, 7) is 15.2. The molecule has 0 saturated carbocycles. The Kier molecular flexibility index (Phi) is 4.38. The zero-order valence-corrected chi connectivity index (χ0v) is 10.7. The Morgan fingerprint density at radius 3 is 2.43 bits per heavy atom. The molecular weight excluding hydrogens is 187 g/mol. The average Bonchev–Trinajstić information content (AvgIpc) is 2.14. The first kappa shape index (κ1) is 12.0. The van der Waals surface area contributed by atoms with Gasteiger partial charge < -0.3 is 0 Å². The van der Waals surface area contributed by atoms with Crippen LogP contribution in [0.1, 0.15) is 40.0 Å². The smallest absolute Gasteiger partial charge is 0.000316 e. The van der Waals surface area contributed by atoms with E-state index in [0.29, 0.717) is 0 Å². The van der Waals surface area contributed by atoms with Crippen LogP contribution in [0.4, 0.5) is 0 Å². The van der Waals surface area contributed by atoms with Crippen LogP contribution >= 0.6 is 7.92 Å². The first-order valence-electron chi connectivity index (χ1n) is 5.67. The quantitative estimate of drug-likeness (QED) is 0.461. The SMILES string of the molecule is C=CCC(=C)[C@H](CC)P1[C@@H](C)C[C@@H]1C. The van der Waals surface area contributed by atoms with Gasteiger partial charge in [-0.2, -0.15) is 0 Å². The van der Waals surface area contributed by atoms with E-state index in [4.69, 9.17) is 0 Å². The minimum Gasteiger partial charge on any atom is -0.103 e. The third kappa shape index (κ3) is 2.28. The van der Waals surface area contributed by atoms with E-state index in [-0.39, 0.29) is 7.92 Å². The van der Waals surface area contributed by atoms with Crippen LogP contribution < -0.4 is 0 Å². The van der Waals surface area contributed by atoms with Crippen molar-refractivity contribution >= 4 is 7.92 Å². The molecule has 14 heavy (non-hydrogen) atoms. The Labute approximate surface area is 90.2 Å². The van der Waals surface area contributed by atoms with Gasteiger partial charge in [0.15, 0.2) is 0 Å². The Balaban J connectivity index is 2.61. The third-order valence-electron chi connectivity index (χ3n) is 3.32. The van der Waals surface area contributed by atoms with Gasteiger partial charge in [0.05, 0.1) is 0 Å². The number of rotatable bonds is 5. The van der Waals surface area contributed by atoms with Crippen molar-refractivity contribution in [3.05, 3.63) is 24.8 Å². The van der Waals surface area contributed by atoms with Crippen molar-refractivity contribution in [3.63, 3.8) is 0 Å². The van der Waals surface area contributed by atoms with Crippen molar-refractivity contribution in [2.75, 3.05) is 0 Å². The molecule has 0 aromatic heterocycles. The Morgan fingerprint density at radius 1 is 1.50 bits per heavy atom. The highest BCUT2D eigenvalue weighted by molar-refractivity contribution is 7.61. The van der Waals surface area contributed by atoms with Crippen LogP contribution in [0.5, 0.6) is 0 Å². The minimum atomic E-state index is 0.218. The monoisotopic (exact) mass is 210 g/mol. The second kappa shape index (κ2) is 5.12. The van der Waals surface area contributed by atoms with E-state index in [9.17, 15) is 0 Å². The van der Waals surface area contributed by atoms with Crippen molar-refractivity contribution in [2.24, 2.45) is 0 Å². The summed E-state index contributed by atoms with van der Waals surface area (Å²) >= 11 is 0. The molecule has 0 radical (unpaired) electrons. The summed E-state index contributed by atoms with van der Waals surface area (Å²) in [5.41, 5.74) is 4.15. The normalized spacial score (nSPS) is 29.4. The van der Waals surface area contributed by atoms with Crippen molar-refractivity contribution < 1.29 is 0 Å². The fraction of sp³-hybridized carbons (Fsp3) is 0.692. The Hall–Kier alpha value is -0.0900. The van der Waals surface area contributed by atoms with E-state index in [1.165, 1.54) is 18.4 Å². The predicted octanol–water partition coefficient (Wildman–Crippen LogP) is 4.56. The van der Waals surface area contributed by atoms with Crippen molar-refractivity contribution in [3.8, 4) is 0 Å². The van der Waals surface area contributed by atoms with Gasteiger partial charge in [0.25, 0.3) is 0 Å². The van der Waals surface area contributed by atoms with Crippen molar-refractivity contribution in [2.45, 2.75) is 57.0 Å². The lowest BCUT2D eigenvalue weighted by atomic mass is 10.1. The Bertz CT molecular complexity index is 211. The molecule has 1 aliphatic rings. The zero-order valence-electron chi connectivity index (χ0n) is 9.79. The molecule has 0 nitrogen and oxygen atoms in total. The second-order valence-electron chi connectivity index (χ2n) is 4.46. The van der Waals surface area contributed by atoms with E-state index < -0.39 is 0 Å². The number of hydrogen-bond donors (Lipinski definition) is 0. The highest BCUT2D eigenvalue weighted by Gasteiger charge is 2.39. The highest BCUT2D eigenvalue weighted by atomic mass is 31.1. The summed E-state index contributed by atoms with van der Waals surface area (Å²) in [5.74, 6) is 0. The molecule has 1 aliphatic heterocycles. The minimum absolute atomic E-state index is 0.218. The molecule has 0 aromatic rings. The van der Waals surface area contributed by atoms with Crippen molar-refractivity contribution in [1.82, 2.24) is 0 Å². The average molecular weight is 210 g/mol. The molecule has 1 heteroatoms. The molecule has 0 aromatic carbocycles. The number of hydrogen-bond acceptors (Lipinski definition) is 0. The van der Waals surface area contributed by atoms with Gasteiger partial charge in [-0.25, -0.2) is 0 Å². The van der Waals surface area contributed by atoms with Gasteiger partial charge in [0, 0.05) is 5.66 Å². The van der Waals surface area contributed by atoms with Crippen LogP contribution in [0.25, 0.3) is 0 Å². The van der Waals surface area contributed by atoms with Crippen LogP contribution in [-0.4, -0.2) is 17.0 Å². The van der Waals surface area contributed by atoms with Crippen molar-refractivity contribution in [1.29, 1.82) is 0 Å². The fourth-order valence-corrected chi connectivity index (χ4v) is 6.45. The summed E-state index contributed by atoms with van der Waals surface area (Å²) in [6, 6.07) is 0. The molecule has 1 saturated heterocycles. The summed E-state index contributed by atoms with van der Waals surface area (Å²) in [4.78, 5) is 0. The van der Waals surface area contributed by atoms with Gasteiger partial charge in [-0.15, -0.1) is 6.58 Å². The molecule has 3 atom stereocenters. The lowest BCUT2D eigenvalue weighted by molar-refractivity contribution is 0.681. The fourth-order valence-electron chi connectivity index (χ4n) is 2.68. The van der Waals surface area contributed by atoms with Crippen LogP contribution in [-0.2, 0) is 0 Å². The Morgan fingerprint density at radius 2 is 2.07 bits per heavy atom. The molecule has 80 valence electrons. The lowest BCUT2D eigenvalue weighted by Crippen LogP contribution is -2.32. The molecule has 0 N–H and O–H groups in total. The van der Waals surface area contributed by atoms with Gasteiger partial charge in [0.1, 0.15) is 0 Å². The maximum Gasteiger partial charge on any atom is 0.000316 e. The highest BCUT2D eigenvalue weighted by Crippen LogP contribution is 2.64. The summed E-state index contributed by atoms with van der Waals surface area (Å²) < 4.78 is 0. The largest absolute Gasteiger partial charge is 0.103 e. The third-order valence-corrected chi connectivity index (χ3v) is 7.23. The molecule has 0 aliphatic carbocycles. The van der Waals surface area contributed by atoms with Gasteiger partial charge in [-0.3, -0.25) is 0 Å². The van der Waals surface area contributed by atoms with Crippen LogP contribution in [0.3, 0.4) is 0 Å². The number of allylic oxidation sites excluding steroid dienone is 2. The van der Waals surface area contributed by atoms with E-state index in [1.54, 1.807) is 0 Å². The maximum atomic E-state index is 4.23. The van der Waals surface area contributed by atoms with Gasteiger partial charge in [-0.05, 0) is 30.6 Å². The standard InChI is InChI=1S/C13H23P/c1-6-8-10(3)13(7-2)14-11(4)9-12(14)5/h6,11-13H,1,3,7-9H2,2,4-5H3/t11-,12-,13-/m0/s1. The van der Waals surface area contributed by atoms with Gasteiger partial charge in [-0.1, -0.05) is 46.9 Å². The van der Waals surface area contributed by atoms with Gasteiger partial charge in [0.2, 0.25) is 0 Å². The van der Waals surface area contributed by atoms with E-state index in [0.717, 1.165) is 23.4 Å². The van der Waals surface area contributed by atoms with E-state index >= 15 is 0 Å². The molecule has 0 bridgehead atoms. The first-order chi connectivity index (χ1) is 6.61. The van der Waals surface area contributed by atoms with Crippen LogP contribution in [0, 0.1) is 0 Å². The molecule has 0 unspecified atom stereocenters. The maximum absolute atomic E-state index is 4.23. The second-order valence-corrected chi connectivity index (χ2v) is 7.74. The molecule has 1 heterocycles. The van der Waals surface area contributed by atoms with Gasteiger partial charge >= 0.3 is 0 Å².